The Morgan fingerprint density at radius 3 is 2.86 bits per heavy atom. The Morgan fingerprint density at radius 2 is 2.36 bits per heavy atom. The number of nitrogens with one attached hydrogen (secondary N) is 1. The average Bonchev–Trinajstić information content (AvgIpc) is 2.15. The van der Waals surface area contributed by atoms with E-state index in [9.17, 15) is 4.79 Å². The standard InChI is InChI=1S/C10H13N3O/c1-7(2)5-13-10(14)9-4-3-8(11)6-12-9/h3-4,6H,1,5,11H2,2H3,(H,13,14). The van der Waals surface area contributed by atoms with Crippen molar-refractivity contribution in [2.75, 3.05) is 12.3 Å². The lowest BCUT2D eigenvalue weighted by molar-refractivity contribution is 0.0952. The summed E-state index contributed by atoms with van der Waals surface area (Å²) in [6, 6.07) is 3.23. The van der Waals surface area contributed by atoms with Crippen molar-refractivity contribution in [2.45, 2.75) is 6.92 Å². The van der Waals surface area contributed by atoms with E-state index in [1.54, 1.807) is 12.1 Å². The van der Waals surface area contributed by atoms with Crippen molar-refractivity contribution in [3.8, 4) is 0 Å². The van der Waals surface area contributed by atoms with E-state index in [1.807, 2.05) is 6.92 Å². The highest BCUT2D eigenvalue weighted by atomic mass is 16.1. The zero-order valence-electron chi connectivity index (χ0n) is 8.08. The molecule has 0 aromatic carbocycles. The van der Waals surface area contributed by atoms with Crippen molar-refractivity contribution in [2.24, 2.45) is 0 Å². The Bertz CT molecular complexity index is 343. The number of amides is 1. The van der Waals surface area contributed by atoms with Gasteiger partial charge in [0.2, 0.25) is 0 Å². The van der Waals surface area contributed by atoms with Crippen LogP contribution in [0.15, 0.2) is 30.5 Å². The number of nitrogens with zero attached hydrogens (tertiary/aromatic N) is 1. The molecule has 14 heavy (non-hydrogen) atoms. The van der Waals surface area contributed by atoms with Crippen LogP contribution in [0, 0.1) is 0 Å². The van der Waals surface area contributed by atoms with Crippen LogP contribution in [-0.2, 0) is 0 Å². The van der Waals surface area contributed by atoms with Crippen molar-refractivity contribution in [3.05, 3.63) is 36.2 Å². The molecule has 0 aliphatic heterocycles. The molecule has 4 nitrogen and oxygen atoms in total. The fraction of sp³-hybridized carbons (Fsp3) is 0.200. The summed E-state index contributed by atoms with van der Waals surface area (Å²) < 4.78 is 0. The molecule has 0 radical (unpaired) electrons. The maximum absolute atomic E-state index is 11.4. The second kappa shape index (κ2) is 4.41. The normalized spacial score (nSPS) is 9.50. The van der Waals surface area contributed by atoms with Gasteiger partial charge in [-0.1, -0.05) is 12.2 Å². The summed E-state index contributed by atoms with van der Waals surface area (Å²) in [4.78, 5) is 15.3. The molecule has 0 fully saturated rings. The van der Waals surface area contributed by atoms with E-state index in [2.05, 4.69) is 16.9 Å². The molecule has 0 unspecified atom stereocenters. The molecule has 0 saturated heterocycles. The van der Waals surface area contributed by atoms with E-state index in [0.717, 1.165) is 5.57 Å². The van der Waals surface area contributed by atoms with Crippen LogP contribution in [0.3, 0.4) is 0 Å². The van der Waals surface area contributed by atoms with E-state index in [4.69, 9.17) is 5.73 Å². The molecular weight excluding hydrogens is 178 g/mol. The van der Waals surface area contributed by atoms with Crippen LogP contribution in [0.25, 0.3) is 0 Å². The Labute approximate surface area is 82.8 Å². The van der Waals surface area contributed by atoms with Gasteiger partial charge in [0.05, 0.1) is 11.9 Å². The third-order valence-electron chi connectivity index (χ3n) is 1.57. The smallest absolute Gasteiger partial charge is 0.270 e. The van der Waals surface area contributed by atoms with Crippen LogP contribution in [0.5, 0.6) is 0 Å². The highest BCUT2D eigenvalue weighted by Crippen LogP contribution is 2.00. The Morgan fingerprint density at radius 1 is 1.64 bits per heavy atom. The number of hydrogen-bond donors (Lipinski definition) is 2. The number of aromatic nitrogens is 1. The summed E-state index contributed by atoms with van der Waals surface area (Å²) in [5.41, 5.74) is 7.24. The van der Waals surface area contributed by atoms with Gasteiger partial charge in [-0.05, 0) is 19.1 Å². The van der Waals surface area contributed by atoms with E-state index in [-0.39, 0.29) is 5.91 Å². The molecule has 1 rings (SSSR count). The first kappa shape index (κ1) is 10.2. The summed E-state index contributed by atoms with van der Waals surface area (Å²) >= 11 is 0. The van der Waals surface area contributed by atoms with E-state index in [1.165, 1.54) is 6.20 Å². The molecule has 0 bridgehead atoms. The molecule has 0 aliphatic carbocycles. The zero-order chi connectivity index (χ0) is 10.6. The minimum atomic E-state index is -0.215. The third kappa shape index (κ3) is 2.90. The van der Waals surface area contributed by atoms with Crippen LogP contribution < -0.4 is 11.1 Å². The number of hydrogen-bond acceptors (Lipinski definition) is 3. The highest BCUT2D eigenvalue weighted by molar-refractivity contribution is 5.92. The number of pyridine rings is 1. The minimum absolute atomic E-state index is 0.215. The zero-order valence-corrected chi connectivity index (χ0v) is 8.08. The van der Waals surface area contributed by atoms with Gasteiger partial charge in [0.25, 0.3) is 5.91 Å². The molecule has 1 heterocycles. The minimum Gasteiger partial charge on any atom is -0.397 e. The van der Waals surface area contributed by atoms with Crippen LogP contribution in [-0.4, -0.2) is 17.4 Å². The Balaban J connectivity index is 2.61. The summed E-state index contributed by atoms with van der Waals surface area (Å²) in [5.74, 6) is -0.215. The SMILES string of the molecule is C=C(C)CNC(=O)c1ccc(N)cn1. The number of nitrogen functional groups attached to an aromatic ring is 1. The van der Waals surface area contributed by atoms with E-state index in [0.29, 0.717) is 17.9 Å². The summed E-state index contributed by atoms with van der Waals surface area (Å²) in [5, 5.41) is 2.68. The number of rotatable bonds is 3. The quantitative estimate of drug-likeness (QED) is 0.699. The first-order valence-electron chi connectivity index (χ1n) is 4.23. The summed E-state index contributed by atoms with van der Waals surface area (Å²) in [6.45, 7) is 5.99. The van der Waals surface area contributed by atoms with Crippen LogP contribution in [0.1, 0.15) is 17.4 Å². The lowest BCUT2D eigenvalue weighted by Gasteiger charge is -2.03. The first-order valence-corrected chi connectivity index (χ1v) is 4.23. The highest BCUT2D eigenvalue weighted by Gasteiger charge is 2.04. The van der Waals surface area contributed by atoms with Crippen molar-refractivity contribution in [3.63, 3.8) is 0 Å². The second-order valence-corrected chi connectivity index (χ2v) is 3.12. The topological polar surface area (TPSA) is 68.0 Å². The number of carbonyl (C=O) groups is 1. The van der Waals surface area contributed by atoms with E-state index >= 15 is 0 Å². The maximum Gasteiger partial charge on any atom is 0.270 e. The van der Waals surface area contributed by atoms with Gasteiger partial charge in [0.1, 0.15) is 5.69 Å². The Kier molecular flexibility index (Phi) is 3.23. The van der Waals surface area contributed by atoms with Gasteiger partial charge < -0.3 is 11.1 Å². The molecule has 3 N–H and O–H groups in total. The molecule has 0 saturated carbocycles. The molecule has 0 atom stereocenters. The maximum atomic E-state index is 11.4. The van der Waals surface area contributed by atoms with Crippen molar-refractivity contribution in [1.82, 2.24) is 10.3 Å². The number of nitrogens with two attached hydrogens (primary N) is 1. The second-order valence-electron chi connectivity index (χ2n) is 3.12. The third-order valence-corrected chi connectivity index (χ3v) is 1.57. The van der Waals surface area contributed by atoms with Gasteiger partial charge in [-0.25, -0.2) is 4.98 Å². The average molecular weight is 191 g/mol. The van der Waals surface area contributed by atoms with Crippen LogP contribution in [0.2, 0.25) is 0 Å². The molecule has 4 heteroatoms. The largest absolute Gasteiger partial charge is 0.397 e. The van der Waals surface area contributed by atoms with Crippen LogP contribution >= 0.6 is 0 Å². The molecule has 0 aliphatic rings. The Hall–Kier alpha value is -1.84. The van der Waals surface area contributed by atoms with Gasteiger partial charge >= 0.3 is 0 Å². The molecule has 1 aromatic heterocycles. The molecule has 74 valence electrons. The first-order chi connectivity index (χ1) is 6.59. The van der Waals surface area contributed by atoms with Crippen molar-refractivity contribution >= 4 is 11.6 Å². The predicted octanol–water partition coefficient (Wildman–Crippen LogP) is 0.970. The van der Waals surface area contributed by atoms with Crippen molar-refractivity contribution < 1.29 is 4.79 Å². The summed E-state index contributed by atoms with van der Waals surface area (Å²) in [7, 11) is 0. The lowest BCUT2D eigenvalue weighted by Crippen LogP contribution is -2.25. The lowest BCUT2D eigenvalue weighted by atomic mass is 10.3. The van der Waals surface area contributed by atoms with Gasteiger partial charge in [-0.3, -0.25) is 4.79 Å². The van der Waals surface area contributed by atoms with E-state index < -0.39 is 0 Å². The molecule has 0 spiro atoms. The van der Waals surface area contributed by atoms with Crippen molar-refractivity contribution in [1.29, 1.82) is 0 Å². The van der Waals surface area contributed by atoms with Gasteiger partial charge in [-0.15, -0.1) is 0 Å². The number of anilines is 1. The van der Waals surface area contributed by atoms with Crippen LogP contribution in [0.4, 0.5) is 5.69 Å². The summed E-state index contributed by atoms with van der Waals surface area (Å²) in [6.07, 6.45) is 1.45. The fourth-order valence-corrected chi connectivity index (χ4v) is 0.861. The van der Waals surface area contributed by atoms with Gasteiger partial charge in [0.15, 0.2) is 0 Å². The predicted molar refractivity (Wildman–Crippen MR) is 55.8 cm³/mol. The fourth-order valence-electron chi connectivity index (χ4n) is 0.861. The molecule has 1 amide bonds. The van der Waals surface area contributed by atoms with Gasteiger partial charge in [-0.2, -0.15) is 0 Å². The molecular formula is C10H13N3O. The number of carbonyl (C=O) groups excluding carboxylic acids is 1. The molecule has 1 aromatic rings. The monoisotopic (exact) mass is 191 g/mol. The van der Waals surface area contributed by atoms with Gasteiger partial charge in [0, 0.05) is 6.54 Å².